The van der Waals surface area contributed by atoms with Gasteiger partial charge in [-0.3, -0.25) is 4.79 Å². The molecule has 0 spiro atoms. The highest BCUT2D eigenvalue weighted by molar-refractivity contribution is 5.91. The van der Waals surface area contributed by atoms with Gasteiger partial charge >= 0.3 is 0 Å². The van der Waals surface area contributed by atoms with Gasteiger partial charge in [0.2, 0.25) is 0 Å². The topological polar surface area (TPSA) is 57.5 Å². The van der Waals surface area contributed by atoms with E-state index < -0.39 is 11.2 Å². The van der Waals surface area contributed by atoms with Gasteiger partial charge < -0.3 is 10.2 Å². The van der Waals surface area contributed by atoms with Gasteiger partial charge in [0.1, 0.15) is 0 Å². The van der Waals surface area contributed by atoms with Crippen LogP contribution in [0.5, 0.6) is 0 Å². The maximum atomic E-state index is 11.9. The van der Waals surface area contributed by atoms with Crippen LogP contribution in [0.1, 0.15) is 78.6 Å². The Labute approximate surface area is 145 Å². The number of aliphatic hydroxyl groups is 2. The molecular formula is C21H32O3. The Morgan fingerprint density at radius 2 is 1.79 bits per heavy atom. The van der Waals surface area contributed by atoms with Gasteiger partial charge in [-0.15, -0.1) is 0 Å². The normalized spacial score (nSPS) is 53.9. The molecule has 3 saturated carbocycles. The molecule has 0 aromatic rings. The minimum atomic E-state index is -0.707. The molecule has 4 aliphatic carbocycles. The van der Waals surface area contributed by atoms with Crippen molar-refractivity contribution in [1.82, 2.24) is 0 Å². The van der Waals surface area contributed by atoms with Gasteiger partial charge in [-0.25, -0.2) is 0 Å². The quantitative estimate of drug-likeness (QED) is 0.768. The van der Waals surface area contributed by atoms with Gasteiger partial charge in [-0.05, 0) is 74.7 Å². The van der Waals surface area contributed by atoms with Crippen LogP contribution in [0.25, 0.3) is 0 Å². The number of hydrogen-bond acceptors (Lipinski definition) is 3. The van der Waals surface area contributed by atoms with Crippen LogP contribution < -0.4 is 0 Å². The Morgan fingerprint density at radius 3 is 2.50 bits per heavy atom. The molecule has 3 nitrogen and oxygen atoms in total. The smallest absolute Gasteiger partial charge is 0.155 e. The van der Waals surface area contributed by atoms with E-state index in [9.17, 15) is 15.0 Å². The average Bonchev–Trinajstić information content (AvgIpc) is 2.82. The molecule has 0 heterocycles. The summed E-state index contributed by atoms with van der Waals surface area (Å²) in [6.45, 7) is 6.57. The molecule has 0 unspecified atom stereocenters. The fraction of sp³-hybridized carbons (Fsp3) is 0.857. The molecule has 2 N–H and O–H groups in total. The number of ketones is 1. The van der Waals surface area contributed by atoms with Gasteiger partial charge in [0.05, 0.1) is 11.2 Å². The van der Waals surface area contributed by atoms with Crippen molar-refractivity contribution in [3.63, 3.8) is 0 Å². The van der Waals surface area contributed by atoms with E-state index in [1.54, 1.807) is 0 Å². The van der Waals surface area contributed by atoms with Crippen molar-refractivity contribution in [2.75, 3.05) is 0 Å². The first-order valence-corrected chi connectivity index (χ1v) is 9.89. The molecule has 4 rings (SSSR count). The van der Waals surface area contributed by atoms with Gasteiger partial charge in [0, 0.05) is 11.8 Å². The van der Waals surface area contributed by atoms with E-state index in [4.69, 9.17) is 0 Å². The summed E-state index contributed by atoms with van der Waals surface area (Å²) in [5.41, 5.74) is -0.414. The lowest BCUT2D eigenvalue weighted by Crippen LogP contribution is -2.64. The summed E-state index contributed by atoms with van der Waals surface area (Å²) in [4.78, 5) is 11.9. The van der Waals surface area contributed by atoms with Crippen molar-refractivity contribution in [3.05, 3.63) is 11.6 Å². The molecule has 3 fully saturated rings. The SMILES string of the molecule is CC[C@]1(O)CC[C@H]2[C@@H]3CCC4=CC(=O)CC[C@]4(C)[C@@]3(O)CC[C@@]21C. The molecule has 0 amide bonds. The molecule has 0 bridgehead atoms. The summed E-state index contributed by atoms with van der Waals surface area (Å²) in [7, 11) is 0. The lowest BCUT2D eigenvalue weighted by Gasteiger charge is -2.63. The highest BCUT2D eigenvalue weighted by Gasteiger charge is 2.68. The molecule has 0 aliphatic heterocycles. The standard InChI is InChI=1S/C21H32O3/c1-4-20(23)10-8-16-17-6-5-14-13-15(22)7-9-18(14,2)21(17,24)12-11-19(16,20)3/h13,16-17,23-24H,4-12H2,1-3H3/t16-,17-,18-,19-,20-,21+/m0/s1. The second-order valence-corrected chi connectivity index (χ2v) is 9.49. The fourth-order valence-corrected chi connectivity index (χ4v) is 7.19. The first-order valence-electron chi connectivity index (χ1n) is 9.89. The van der Waals surface area contributed by atoms with Crippen LogP contribution >= 0.6 is 0 Å². The molecule has 134 valence electrons. The van der Waals surface area contributed by atoms with E-state index in [-0.39, 0.29) is 22.5 Å². The number of rotatable bonds is 1. The van der Waals surface area contributed by atoms with E-state index >= 15 is 0 Å². The molecule has 3 heteroatoms. The third-order valence-electron chi connectivity index (χ3n) is 9.06. The average molecular weight is 332 g/mol. The zero-order valence-electron chi connectivity index (χ0n) is 15.4. The van der Waals surface area contributed by atoms with Crippen molar-refractivity contribution in [2.24, 2.45) is 22.7 Å². The van der Waals surface area contributed by atoms with Crippen LogP contribution in [-0.2, 0) is 4.79 Å². The van der Waals surface area contributed by atoms with Gasteiger partial charge in [0.15, 0.2) is 5.78 Å². The Hall–Kier alpha value is -0.670. The highest BCUT2D eigenvalue weighted by atomic mass is 16.3. The van der Waals surface area contributed by atoms with E-state index in [0.29, 0.717) is 12.3 Å². The third-order valence-corrected chi connectivity index (χ3v) is 9.06. The maximum Gasteiger partial charge on any atom is 0.155 e. The third kappa shape index (κ3) is 1.78. The maximum absolute atomic E-state index is 11.9. The summed E-state index contributed by atoms with van der Waals surface area (Å²) >= 11 is 0. The van der Waals surface area contributed by atoms with E-state index in [1.165, 1.54) is 5.57 Å². The molecule has 0 aromatic carbocycles. The predicted molar refractivity (Wildman–Crippen MR) is 93.4 cm³/mol. The van der Waals surface area contributed by atoms with Gasteiger partial charge in [-0.1, -0.05) is 26.3 Å². The monoisotopic (exact) mass is 332 g/mol. The van der Waals surface area contributed by atoms with Crippen LogP contribution in [0.4, 0.5) is 0 Å². The number of carbonyl (C=O) groups excluding carboxylic acids is 1. The van der Waals surface area contributed by atoms with Crippen molar-refractivity contribution >= 4 is 5.78 Å². The number of fused-ring (bicyclic) bond motifs is 5. The summed E-state index contributed by atoms with van der Waals surface area (Å²) < 4.78 is 0. The van der Waals surface area contributed by atoms with Gasteiger partial charge in [-0.2, -0.15) is 0 Å². The van der Waals surface area contributed by atoms with Crippen LogP contribution in [0.2, 0.25) is 0 Å². The Bertz CT molecular complexity index is 610. The van der Waals surface area contributed by atoms with E-state index in [0.717, 1.165) is 51.4 Å². The first-order chi connectivity index (χ1) is 11.2. The van der Waals surface area contributed by atoms with Crippen molar-refractivity contribution in [1.29, 1.82) is 0 Å². The highest BCUT2D eigenvalue weighted by Crippen LogP contribution is 2.69. The predicted octanol–water partition coefficient (Wildman–Crippen LogP) is 3.77. The Morgan fingerprint density at radius 1 is 1.04 bits per heavy atom. The summed E-state index contributed by atoms with van der Waals surface area (Å²) in [5.74, 6) is 0.885. The van der Waals surface area contributed by atoms with Crippen LogP contribution in [-0.4, -0.2) is 27.2 Å². The fourth-order valence-electron chi connectivity index (χ4n) is 7.19. The summed E-state index contributed by atoms with van der Waals surface area (Å²) in [5, 5.41) is 23.1. The minimum Gasteiger partial charge on any atom is -0.389 e. The molecule has 24 heavy (non-hydrogen) atoms. The molecular weight excluding hydrogens is 300 g/mol. The number of carbonyl (C=O) groups is 1. The Kier molecular flexibility index (Phi) is 3.46. The molecule has 6 atom stereocenters. The lowest BCUT2D eigenvalue weighted by atomic mass is 9.44. The zero-order chi connectivity index (χ0) is 17.4. The van der Waals surface area contributed by atoms with Crippen LogP contribution in [0.3, 0.4) is 0 Å². The van der Waals surface area contributed by atoms with Crippen LogP contribution in [0, 0.1) is 22.7 Å². The summed E-state index contributed by atoms with van der Waals surface area (Å²) in [6.07, 6.45) is 9.45. The Balaban J connectivity index is 1.75. The summed E-state index contributed by atoms with van der Waals surface area (Å²) in [6, 6.07) is 0. The number of hydrogen-bond donors (Lipinski definition) is 2. The van der Waals surface area contributed by atoms with Crippen molar-refractivity contribution in [3.8, 4) is 0 Å². The van der Waals surface area contributed by atoms with Gasteiger partial charge in [0.25, 0.3) is 0 Å². The second kappa shape index (κ2) is 4.94. The van der Waals surface area contributed by atoms with Crippen molar-refractivity contribution in [2.45, 2.75) is 89.8 Å². The molecule has 0 saturated heterocycles. The lowest BCUT2D eigenvalue weighted by molar-refractivity contribution is -0.210. The molecule has 0 aromatic heterocycles. The first kappa shape index (κ1) is 16.8. The molecule has 4 aliphatic rings. The van der Waals surface area contributed by atoms with E-state index in [1.807, 2.05) is 6.08 Å². The molecule has 0 radical (unpaired) electrons. The largest absolute Gasteiger partial charge is 0.389 e. The van der Waals surface area contributed by atoms with E-state index in [2.05, 4.69) is 20.8 Å². The zero-order valence-corrected chi connectivity index (χ0v) is 15.4. The minimum absolute atomic E-state index is 0.0687. The second-order valence-electron chi connectivity index (χ2n) is 9.49. The van der Waals surface area contributed by atoms with Crippen LogP contribution in [0.15, 0.2) is 11.6 Å². The van der Waals surface area contributed by atoms with Crippen molar-refractivity contribution < 1.29 is 15.0 Å².